The zero-order valence-corrected chi connectivity index (χ0v) is 12.1. The molecule has 2 rings (SSSR count). The van der Waals surface area contributed by atoms with Crippen LogP contribution in [0.1, 0.15) is 35.7 Å². The van der Waals surface area contributed by atoms with Gasteiger partial charge in [-0.1, -0.05) is 19.1 Å². The summed E-state index contributed by atoms with van der Waals surface area (Å²) in [6.07, 6.45) is 1.93. The minimum absolute atomic E-state index is 0.192. The summed E-state index contributed by atoms with van der Waals surface area (Å²) in [5.41, 5.74) is 2.18. The highest BCUT2D eigenvalue weighted by molar-refractivity contribution is 7.09. The van der Waals surface area contributed by atoms with Crippen LogP contribution in [0.3, 0.4) is 0 Å². The molecule has 0 aliphatic rings. The molecule has 0 aliphatic carbocycles. The predicted molar refractivity (Wildman–Crippen MR) is 78.0 cm³/mol. The number of aryl methyl sites for hydroxylation is 1. The van der Waals surface area contributed by atoms with E-state index in [2.05, 4.69) is 22.6 Å². The molecular formula is C15H19FN2S. The molecule has 0 radical (unpaired) electrons. The summed E-state index contributed by atoms with van der Waals surface area (Å²) in [7, 11) is 0. The molecule has 1 heterocycles. The van der Waals surface area contributed by atoms with E-state index >= 15 is 0 Å². The van der Waals surface area contributed by atoms with Gasteiger partial charge in [0.25, 0.3) is 0 Å². The molecule has 102 valence electrons. The van der Waals surface area contributed by atoms with Crippen LogP contribution >= 0.6 is 11.3 Å². The van der Waals surface area contributed by atoms with Crippen LogP contribution in [0.25, 0.3) is 0 Å². The van der Waals surface area contributed by atoms with Crippen LogP contribution in [0.15, 0.2) is 29.6 Å². The summed E-state index contributed by atoms with van der Waals surface area (Å²) in [6, 6.07) is 6.93. The van der Waals surface area contributed by atoms with Gasteiger partial charge in [-0.25, -0.2) is 9.37 Å². The summed E-state index contributed by atoms with van der Waals surface area (Å²) in [5, 5.41) is 6.69. The number of aromatic nitrogens is 1. The highest BCUT2D eigenvalue weighted by Gasteiger charge is 2.13. The molecule has 0 bridgehead atoms. The van der Waals surface area contributed by atoms with Gasteiger partial charge in [0.2, 0.25) is 0 Å². The van der Waals surface area contributed by atoms with Crippen LogP contribution in [0, 0.1) is 12.7 Å². The fraction of sp³-hybridized carbons (Fsp3) is 0.400. The third-order valence-corrected chi connectivity index (χ3v) is 3.95. The zero-order valence-electron chi connectivity index (χ0n) is 11.3. The van der Waals surface area contributed by atoms with Crippen LogP contribution in [0.2, 0.25) is 0 Å². The first-order chi connectivity index (χ1) is 9.19. The van der Waals surface area contributed by atoms with Crippen LogP contribution in [-0.4, -0.2) is 11.5 Å². The smallest absolute Gasteiger partial charge is 0.123 e. The Kier molecular flexibility index (Phi) is 5.05. The van der Waals surface area contributed by atoms with Gasteiger partial charge in [-0.2, -0.15) is 0 Å². The maximum atomic E-state index is 13.0. The van der Waals surface area contributed by atoms with Crippen molar-refractivity contribution in [2.24, 2.45) is 0 Å². The van der Waals surface area contributed by atoms with E-state index in [0.717, 1.165) is 35.7 Å². The zero-order chi connectivity index (χ0) is 13.7. The lowest BCUT2D eigenvalue weighted by atomic mass is 10.0. The fourth-order valence-electron chi connectivity index (χ4n) is 1.99. The number of halogens is 1. The van der Waals surface area contributed by atoms with Crippen molar-refractivity contribution < 1.29 is 4.39 Å². The van der Waals surface area contributed by atoms with Gasteiger partial charge in [0, 0.05) is 23.5 Å². The first-order valence-electron chi connectivity index (χ1n) is 6.59. The molecule has 2 aromatic rings. The standard InChI is InChI=1S/C15H19FN2S/c1-3-8-17-14(9-15-18-11(2)10-19-15)12-4-6-13(16)7-5-12/h4-7,10,14,17H,3,8-9H2,1-2H3. The van der Waals surface area contributed by atoms with Crippen LogP contribution in [0.4, 0.5) is 4.39 Å². The molecule has 0 spiro atoms. The van der Waals surface area contributed by atoms with Crippen molar-refractivity contribution in [2.75, 3.05) is 6.54 Å². The molecule has 0 saturated carbocycles. The number of hydrogen-bond acceptors (Lipinski definition) is 3. The van der Waals surface area contributed by atoms with E-state index in [1.165, 1.54) is 12.1 Å². The van der Waals surface area contributed by atoms with Crippen molar-refractivity contribution in [3.05, 3.63) is 51.7 Å². The van der Waals surface area contributed by atoms with Crippen molar-refractivity contribution in [3.8, 4) is 0 Å². The Labute approximate surface area is 117 Å². The van der Waals surface area contributed by atoms with Crippen LogP contribution < -0.4 is 5.32 Å². The van der Waals surface area contributed by atoms with Gasteiger partial charge in [-0.05, 0) is 37.6 Å². The Hall–Kier alpha value is -1.26. The Morgan fingerprint density at radius 3 is 2.63 bits per heavy atom. The summed E-state index contributed by atoms with van der Waals surface area (Å²) < 4.78 is 13.0. The second-order valence-electron chi connectivity index (χ2n) is 4.65. The first-order valence-corrected chi connectivity index (χ1v) is 7.47. The summed E-state index contributed by atoms with van der Waals surface area (Å²) in [5.74, 6) is -0.192. The maximum Gasteiger partial charge on any atom is 0.123 e. The predicted octanol–water partition coefficient (Wildman–Crippen LogP) is 3.87. The maximum absolute atomic E-state index is 13.0. The lowest BCUT2D eigenvalue weighted by molar-refractivity contribution is 0.526. The molecule has 1 aromatic heterocycles. The fourth-order valence-corrected chi connectivity index (χ4v) is 2.81. The number of hydrogen-bond donors (Lipinski definition) is 1. The van der Waals surface area contributed by atoms with Crippen LogP contribution in [0.5, 0.6) is 0 Å². The number of benzene rings is 1. The molecule has 1 atom stereocenters. The van der Waals surface area contributed by atoms with Gasteiger partial charge in [-0.15, -0.1) is 11.3 Å². The monoisotopic (exact) mass is 278 g/mol. The van der Waals surface area contributed by atoms with Crippen molar-refractivity contribution in [1.82, 2.24) is 10.3 Å². The van der Waals surface area contributed by atoms with E-state index < -0.39 is 0 Å². The minimum Gasteiger partial charge on any atom is -0.310 e. The van der Waals surface area contributed by atoms with E-state index in [4.69, 9.17) is 0 Å². The van der Waals surface area contributed by atoms with E-state index in [9.17, 15) is 4.39 Å². The second-order valence-corrected chi connectivity index (χ2v) is 5.59. The Bertz CT molecular complexity index is 507. The normalized spacial score (nSPS) is 12.6. The van der Waals surface area contributed by atoms with Crippen molar-refractivity contribution in [2.45, 2.75) is 32.7 Å². The minimum atomic E-state index is -0.192. The molecule has 0 aliphatic heterocycles. The van der Waals surface area contributed by atoms with Gasteiger partial charge >= 0.3 is 0 Å². The lowest BCUT2D eigenvalue weighted by Crippen LogP contribution is -2.24. The molecule has 4 heteroatoms. The van der Waals surface area contributed by atoms with Gasteiger partial charge in [-0.3, -0.25) is 0 Å². The van der Waals surface area contributed by atoms with Crippen LogP contribution in [-0.2, 0) is 6.42 Å². The summed E-state index contributed by atoms with van der Waals surface area (Å²) in [6.45, 7) is 5.10. The van der Waals surface area contributed by atoms with Crippen molar-refractivity contribution in [3.63, 3.8) is 0 Å². The molecule has 1 N–H and O–H groups in total. The number of nitrogens with one attached hydrogen (secondary N) is 1. The molecular weight excluding hydrogens is 259 g/mol. The Morgan fingerprint density at radius 2 is 2.05 bits per heavy atom. The average Bonchev–Trinajstić information content (AvgIpc) is 2.81. The summed E-state index contributed by atoms with van der Waals surface area (Å²) in [4.78, 5) is 4.51. The Balaban J connectivity index is 2.13. The second kappa shape index (κ2) is 6.78. The highest BCUT2D eigenvalue weighted by Crippen LogP contribution is 2.21. The third kappa shape index (κ3) is 4.11. The molecule has 0 fully saturated rings. The topological polar surface area (TPSA) is 24.9 Å². The Morgan fingerprint density at radius 1 is 1.32 bits per heavy atom. The van der Waals surface area contributed by atoms with Gasteiger partial charge in [0.05, 0.1) is 5.01 Å². The first kappa shape index (κ1) is 14.2. The number of thiazole rings is 1. The molecule has 0 amide bonds. The largest absolute Gasteiger partial charge is 0.310 e. The molecule has 1 aromatic carbocycles. The van der Waals surface area contributed by atoms with Gasteiger partial charge < -0.3 is 5.32 Å². The molecule has 19 heavy (non-hydrogen) atoms. The molecule has 2 nitrogen and oxygen atoms in total. The highest BCUT2D eigenvalue weighted by atomic mass is 32.1. The summed E-state index contributed by atoms with van der Waals surface area (Å²) >= 11 is 1.68. The molecule has 0 saturated heterocycles. The average molecular weight is 278 g/mol. The van der Waals surface area contributed by atoms with Crippen molar-refractivity contribution >= 4 is 11.3 Å². The number of rotatable bonds is 6. The van der Waals surface area contributed by atoms with Gasteiger partial charge in [0.1, 0.15) is 5.82 Å². The SMILES string of the molecule is CCCNC(Cc1nc(C)cs1)c1ccc(F)cc1. The van der Waals surface area contributed by atoms with Crippen molar-refractivity contribution in [1.29, 1.82) is 0 Å². The lowest BCUT2D eigenvalue weighted by Gasteiger charge is -2.18. The van der Waals surface area contributed by atoms with Gasteiger partial charge in [0.15, 0.2) is 0 Å². The quantitative estimate of drug-likeness (QED) is 0.867. The molecule has 1 unspecified atom stereocenters. The van der Waals surface area contributed by atoms with E-state index in [-0.39, 0.29) is 11.9 Å². The third-order valence-electron chi connectivity index (χ3n) is 2.96. The number of nitrogens with zero attached hydrogens (tertiary/aromatic N) is 1. The van der Waals surface area contributed by atoms with E-state index in [1.54, 1.807) is 11.3 Å². The van der Waals surface area contributed by atoms with E-state index in [1.807, 2.05) is 19.1 Å². The van der Waals surface area contributed by atoms with E-state index in [0.29, 0.717) is 0 Å².